The van der Waals surface area contributed by atoms with E-state index in [1.165, 1.54) is 0 Å². The van der Waals surface area contributed by atoms with Crippen LogP contribution in [0.1, 0.15) is 16.7 Å². The zero-order valence-corrected chi connectivity index (χ0v) is 26.7. The number of hydrogen-bond donors (Lipinski definition) is 0. The first-order chi connectivity index (χ1) is 24.7. The molecule has 0 spiro atoms. The quantitative estimate of drug-likeness (QED) is 0.193. The largest absolute Gasteiger partial charge is 0.309 e. The highest BCUT2D eigenvalue weighted by atomic mass is 15.0. The summed E-state index contributed by atoms with van der Waals surface area (Å²) in [6, 6.07) is 57.8. The van der Waals surface area contributed by atoms with Gasteiger partial charge >= 0.3 is 0 Å². The van der Waals surface area contributed by atoms with E-state index in [0.717, 1.165) is 77.2 Å². The summed E-state index contributed by atoms with van der Waals surface area (Å²) in [4.78, 5) is 0. The Balaban J connectivity index is 1.24. The summed E-state index contributed by atoms with van der Waals surface area (Å²) in [5.74, 6) is 0. The van der Waals surface area contributed by atoms with Gasteiger partial charge in [0.15, 0.2) is 0 Å². The van der Waals surface area contributed by atoms with Gasteiger partial charge in [-0.25, -0.2) is 0 Å². The van der Waals surface area contributed by atoms with Crippen LogP contribution >= 0.6 is 0 Å². The van der Waals surface area contributed by atoms with Crippen molar-refractivity contribution < 1.29 is 0 Å². The zero-order chi connectivity index (χ0) is 33.8. The lowest BCUT2D eigenvalue weighted by Gasteiger charge is -2.18. The topological polar surface area (TPSA) is 81.2 Å². The minimum Gasteiger partial charge on any atom is -0.309 e. The predicted octanol–water partition coefficient (Wildman–Crippen LogP) is 10.8. The summed E-state index contributed by atoms with van der Waals surface area (Å²) >= 11 is 0. The van der Waals surface area contributed by atoms with Gasteiger partial charge in [-0.05, 0) is 77.9 Å². The number of nitrogens with zero attached hydrogens (tertiary/aromatic N) is 5. The Kier molecular flexibility index (Phi) is 6.56. The second-order valence-electron chi connectivity index (χ2n) is 12.3. The molecule has 9 rings (SSSR count). The SMILES string of the molecule is N#Cc1ccc2c(c1)c1ccccc1n2-c1ccc(-c2cccc(C#N)c2-c2ccccc2-n2c3ccccc3c3ccc(C#N)cc32)cc1. The molecule has 0 saturated carbocycles. The van der Waals surface area contributed by atoms with Crippen molar-refractivity contribution in [1.82, 2.24) is 9.13 Å². The van der Waals surface area contributed by atoms with E-state index in [1.807, 2.05) is 84.9 Å². The fourth-order valence-electron chi connectivity index (χ4n) is 7.47. The summed E-state index contributed by atoms with van der Waals surface area (Å²) in [6.07, 6.45) is 0. The van der Waals surface area contributed by atoms with Crippen LogP contribution in [-0.2, 0) is 0 Å². The Morgan fingerprint density at radius 3 is 1.76 bits per heavy atom. The van der Waals surface area contributed by atoms with Gasteiger partial charge < -0.3 is 9.13 Å². The number of para-hydroxylation sites is 3. The van der Waals surface area contributed by atoms with Crippen molar-refractivity contribution >= 4 is 43.6 Å². The number of aromatic nitrogens is 2. The Bertz CT molecular complexity index is 2960. The van der Waals surface area contributed by atoms with Crippen LogP contribution in [0.3, 0.4) is 0 Å². The van der Waals surface area contributed by atoms with Gasteiger partial charge in [-0.2, -0.15) is 15.8 Å². The van der Waals surface area contributed by atoms with Crippen molar-refractivity contribution in [3.8, 4) is 51.8 Å². The second kappa shape index (κ2) is 11.4. The number of rotatable bonds is 4. The van der Waals surface area contributed by atoms with Gasteiger partial charge in [-0.15, -0.1) is 0 Å². The van der Waals surface area contributed by atoms with Gasteiger partial charge in [-0.1, -0.05) is 84.9 Å². The average Bonchev–Trinajstić information content (AvgIpc) is 3.69. The molecule has 5 heteroatoms. The first kappa shape index (κ1) is 28.8. The fourth-order valence-corrected chi connectivity index (χ4v) is 7.47. The van der Waals surface area contributed by atoms with Crippen LogP contribution in [0.15, 0.2) is 152 Å². The normalized spacial score (nSPS) is 11.1. The lowest BCUT2D eigenvalue weighted by molar-refractivity contribution is 1.18. The molecular formula is C45H25N5. The lowest BCUT2D eigenvalue weighted by Crippen LogP contribution is -2.00. The molecule has 0 aliphatic rings. The van der Waals surface area contributed by atoms with Crippen LogP contribution in [0.5, 0.6) is 0 Å². The molecule has 0 N–H and O–H groups in total. The van der Waals surface area contributed by atoms with Crippen LogP contribution in [0, 0.1) is 34.0 Å². The Labute approximate surface area is 287 Å². The van der Waals surface area contributed by atoms with Crippen molar-refractivity contribution in [1.29, 1.82) is 15.8 Å². The third-order valence-electron chi connectivity index (χ3n) is 9.64. The molecule has 2 heterocycles. The smallest absolute Gasteiger partial charge is 0.0998 e. The molecule has 0 amide bonds. The average molecular weight is 636 g/mol. The van der Waals surface area contributed by atoms with Crippen LogP contribution < -0.4 is 0 Å². The van der Waals surface area contributed by atoms with Gasteiger partial charge in [0.2, 0.25) is 0 Å². The predicted molar refractivity (Wildman–Crippen MR) is 200 cm³/mol. The van der Waals surface area contributed by atoms with Gasteiger partial charge in [0.25, 0.3) is 0 Å². The molecule has 0 unspecified atom stereocenters. The van der Waals surface area contributed by atoms with Gasteiger partial charge in [0.1, 0.15) is 0 Å². The number of hydrogen-bond acceptors (Lipinski definition) is 3. The molecule has 0 radical (unpaired) electrons. The van der Waals surface area contributed by atoms with E-state index in [4.69, 9.17) is 0 Å². The molecule has 5 nitrogen and oxygen atoms in total. The molecule has 0 aliphatic heterocycles. The van der Waals surface area contributed by atoms with Gasteiger partial charge in [-0.3, -0.25) is 0 Å². The standard InChI is InChI=1S/C45H25N5/c46-26-29-17-23-43-39(24-29)36-10-2-4-13-40(36)49(43)33-20-18-31(19-21-33)34-12-7-8-32(28-48)45(34)38-11-3-6-15-42(38)50-41-14-5-1-9-35(41)37-22-16-30(27-47)25-44(37)50/h1-25H. The van der Waals surface area contributed by atoms with E-state index in [1.54, 1.807) is 0 Å². The highest BCUT2D eigenvalue weighted by molar-refractivity contribution is 6.11. The number of nitriles is 3. The minimum atomic E-state index is 0.577. The van der Waals surface area contributed by atoms with Crippen molar-refractivity contribution in [2.24, 2.45) is 0 Å². The molecule has 0 atom stereocenters. The van der Waals surface area contributed by atoms with E-state index in [2.05, 4.69) is 94.1 Å². The van der Waals surface area contributed by atoms with Crippen LogP contribution in [-0.4, -0.2) is 9.13 Å². The molecule has 2 aromatic heterocycles. The van der Waals surface area contributed by atoms with E-state index in [9.17, 15) is 15.8 Å². The summed E-state index contributed by atoms with van der Waals surface area (Å²) in [6.45, 7) is 0. The molecule has 0 saturated heterocycles. The van der Waals surface area contributed by atoms with E-state index in [0.29, 0.717) is 16.7 Å². The van der Waals surface area contributed by atoms with E-state index < -0.39 is 0 Å². The third-order valence-corrected chi connectivity index (χ3v) is 9.64. The van der Waals surface area contributed by atoms with Crippen LogP contribution in [0.2, 0.25) is 0 Å². The van der Waals surface area contributed by atoms with Crippen LogP contribution in [0.25, 0.3) is 77.2 Å². The maximum absolute atomic E-state index is 10.5. The fraction of sp³-hybridized carbons (Fsp3) is 0. The maximum Gasteiger partial charge on any atom is 0.0998 e. The van der Waals surface area contributed by atoms with Crippen molar-refractivity contribution in [2.45, 2.75) is 0 Å². The number of fused-ring (bicyclic) bond motifs is 6. The zero-order valence-electron chi connectivity index (χ0n) is 26.7. The summed E-state index contributed by atoms with van der Waals surface area (Å²) in [5.41, 5.74) is 11.5. The van der Waals surface area contributed by atoms with E-state index >= 15 is 0 Å². The molecule has 50 heavy (non-hydrogen) atoms. The van der Waals surface area contributed by atoms with Crippen molar-refractivity contribution in [2.75, 3.05) is 0 Å². The highest BCUT2D eigenvalue weighted by Gasteiger charge is 2.20. The molecular weight excluding hydrogens is 611 g/mol. The van der Waals surface area contributed by atoms with E-state index in [-0.39, 0.29) is 0 Å². The Hall–Kier alpha value is -7.39. The maximum atomic E-state index is 10.5. The summed E-state index contributed by atoms with van der Waals surface area (Å²) in [5, 5.41) is 34.1. The van der Waals surface area contributed by atoms with Gasteiger partial charge in [0.05, 0.1) is 62.7 Å². The molecule has 0 aliphatic carbocycles. The lowest BCUT2D eigenvalue weighted by atomic mass is 9.89. The molecule has 7 aromatic carbocycles. The first-order valence-electron chi connectivity index (χ1n) is 16.3. The molecule has 0 fully saturated rings. The van der Waals surface area contributed by atoms with Crippen LogP contribution in [0.4, 0.5) is 0 Å². The molecule has 0 bridgehead atoms. The second-order valence-corrected chi connectivity index (χ2v) is 12.3. The summed E-state index contributed by atoms with van der Waals surface area (Å²) in [7, 11) is 0. The highest BCUT2D eigenvalue weighted by Crippen LogP contribution is 2.42. The van der Waals surface area contributed by atoms with Gasteiger partial charge in [0, 0.05) is 38.4 Å². The minimum absolute atomic E-state index is 0.577. The Morgan fingerprint density at radius 1 is 0.400 bits per heavy atom. The van der Waals surface area contributed by atoms with Crippen molar-refractivity contribution in [3.05, 3.63) is 168 Å². The Morgan fingerprint density at radius 2 is 1.00 bits per heavy atom. The third kappa shape index (κ3) is 4.31. The summed E-state index contributed by atoms with van der Waals surface area (Å²) < 4.78 is 4.44. The first-order valence-corrected chi connectivity index (χ1v) is 16.3. The monoisotopic (exact) mass is 635 g/mol. The number of benzene rings is 7. The molecule has 9 aromatic rings. The molecule has 230 valence electrons. The van der Waals surface area contributed by atoms with Crippen molar-refractivity contribution in [3.63, 3.8) is 0 Å².